The number of aromatic nitrogens is 2. The quantitative estimate of drug-likeness (QED) is 0.534. The van der Waals surface area contributed by atoms with Gasteiger partial charge in [-0.05, 0) is 13.3 Å². The van der Waals surface area contributed by atoms with Crippen molar-refractivity contribution in [2.75, 3.05) is 6.61 Å². The minimum absolute atomic E-state index is 0.682. The van der Waals surface area contributed by atoms with E-state index in [0.29, 0.717) is 13.2 Å². The van der Waals surface area contributed by atoms with E-state index in [2.05, 4.69) is 22.0 Å². The molecular weight excluding hydrogens is 166 g/mol. The Morgan fingerprint density at radius 2 is 2.38 bits per heavy atom. The fraction of sp³-hybridized carbons (Fsp3) is 0.667. The first kappa shape index (κ1) is 10.2. The summed E-state index contributed by atoms with van der Waals surface area (Å²) in [6, 6.07) is 0. The van der Waals surface area contributed by atoms with Gasteiger partial charge < -0.3 is 9.40 Å². The second-order valence-electron chi connectivity index (χ2n) is 2.83. The van der Waals surface area contributed by atoms with Crippen LogP contribution in [0.4, 0.5) is 0 Å². The third-order valence-corrected chi connectivity index (χ3v) is 1.76. The molecule has 0 aromatic carbocycles. The molecule has 4 nitrogen and oxygen atoms in total. The molecule has 1 aromatic heterocycles. The van der Waals surface area contributed by atoms with Gasteiger partial charge in [-0.15, -0.1) is 0 Å². The van der Waals surface area contributed by atoms with Gasteiger partial charge in [0.1, 0.15) is 0 Å². The molecule has 0 aliphatic rings. The van der Waals surface area contributed by atoms with Crippen LogP contribution >= 0.6 is 0 Å². The van der Waals surface area contributed by atoms with Crippen molar-refractivity contribution in [1.29, 1.82) is 0 Å². The van der Waals surface area contributed by atoms with Crippen LogP contribution in [0, 0.1) is 0 Å². The van der Waals surface area contributed by atoms with Crippen molar-refractivity contribution in [2.24, 2.45) is 0 Å². The lowest BCUT2D eigenvalue weighted by molar-refractivity contribution is 0.0450. The number of hydrogen-bond acceptors (Lipinski definition) is 3. The van der Waals surface area contributed by atoms with Crippen molar-refractivity contribution in [2.45, 2.75) is 33.4 Å². The number of imidazole rings is 1. The van der Waals surface area contributed by atoms with Crippen molar-refractivity contribution in [3.63, 3.8) is 0 Å². The zero-order chi connectivity index (χ0) is 9.52. The Kier molecular flexibility index (Phi) is 4.49. The summed E-state index contributed by atoms with van der Waals surface area (Å²) in [7, 11) is 0. The van der Waals surface area contributed by atoms with Gasteiger partial charge in [-0.25, -0.2) is 4.98 Å². The molecule has 0 aliphatic heterocycles. The Hall–Kier alpha value is -0.870. The highest BCUT2D eigenvalue weighted by Crippen LogP contribution is 1.99. The lowest BCUT2D eigenvalue weighted by atomic mass is 10.4. The van der Waals surface area contributed by atoms with E-state index in [1.807, 2.05) is 19.4 Å². The second-order valence-corrected chi connectivity index (χ2v) is 2.83. The Morgan fingerprint density at radius 3 is 3.08 bits per heavy atom. The molecule has 0 aliphatic carbocycles. The summed E-state index contributed by atoms with van der Waals surface area (Å²) >= 11 is 0. The summed E-state index contributed by atoms with van der Waals surface area (Å²) in [5.41, 5.74) is 4.04. The zero-order valence-electron chi connectivity index (χ0n) is 8.29. The van der Waals surface area contributed by atoms with Gasteiger partial charge in [0.25, 0.3) is 0 Å². The van der Waals surface area contributed by atoms with Crippen LogP contribution in [0.2, 0.25) is 0 Å². The predicted octanol–water partition coefficient (Wildman–Crippen LogP) is 1.33. The van der Waals surface area contributed by atoms with Crippen molar-refractivity contribution in [3.8, 4) is 0 Å². The highest BCUT2D eigenvalue weighted by atomic mass is 16.6. The van der Waals surface area contributed by atoms with Crippen LogP contribution in [-0.2, 0) is 17.9 Å². The molecule has 1 heterocycles. The summed E-state index contributed by atoms with van der Waals surface area (Å²) in [6.45, 7) is 6.52. The zero-order valence-corrected chi connectivity index (χ0v) is 8.29. The van der Waals surface area contributed by atoms with Crippen LogP contribution in [0.5, 0.6) is 0 Å². The second kappa shape index (κ2) is 5.72. The minimum Gasteiger partial charge on any atom is -0.333 e. The van der Waals surface area contributed by atoms with Crippen molar-refractivity contribution in [3.05, 3.63) is 18.2 Å². The maximum Gasteiger partial charge on any atom is 0.0948 e. The number of hydrogen-bond donors (Lipinski definition) is 1. The number of aryl methyl sites for hydroxylation is 1. The number of hydroxylamine groups is 1. The first-order valence-corrected chi connectivity index (χ1v) is 4.72. The van der Waals surface area contributed by atoms with E-state index in [0.717, 1.165) is 18.7 Å². The molecule has 0 bridgehead atoms. The molecule has 1 aromatic rings. The maximum absolute atomic E-state index is 5.05. The topological polar surface area (TPSA) is 39.1 Å². The van der Waals surface area contributed by atoms with Crippen LogP contribution in [0.25, 0.3) is 0 Å². The first-order chi connectivity index (χ1) is 6.38. The molecule has 0 radical (unpaired) electrons. The van der Waals surface area contributed by atoms with Gasteiger partial charge in [-0.2, -0.15) is 5.48 Å². The minimum atomic E-state index is 0.682. The number of rotatable bonds is 6. The van der Waals surface area contributed by atoms with E-state index in [9.17, 15) is 0 Å². The van der Waals surface area contributed by atoms with Gasteiger partial charge in [0.05, 0.1) is 25.2 Å². The molecule has 1 rings (SSSR count). The summed E-state index contributed by atoms with van der Waals surface area (Å²) in [5, 5.41) is 0. The third-order valence-electron chi connectivity index (χ3n) is 1.76. The van der Waals surface area contributed by atoms with E-state index in [1.54, 1.807) is 0 Å². The average Bonchev–Trinajstić information content (AvgIpc) is 2.54. The molecule has 0 spiro atoms. The van der Waals surface area contributed by atoms with Crippen molar-refractivity contribution >= 4 is 0 Å². The molecule has 0 atom stereocenters. The number of nitrogens with zero attached hydrogens (tertiary/aromatic N) is 2. The van der Waals surface area contributed by atoms with Gasteiger partial charge in [0, 0.05) is 12.7 Å². The maximum atomic E-state index is 5.05. The molecule has 0 saturated heterocycles. The van der Waals surface area contributed by atoms with E-state index in [4.69, 9.17) is 4.84 Å². The first-order valence-electron chi connectivity index (χ1n) is 4.72. The van der Waals surface area contributed by atoms with Gasteiger partial charge in [-0.1, -0.05) is 6.92 Å². The molecule has 13 heavy (non-hydrogen) atoms. The molecule has 0 amide bonds. The highest BCUT2D eigenvalue weighted by molar-refractivity contribution is 4.97. The fourth-order valence-corrected chi connectivity index (χ4v) is 1.16. The summed E-state index contributed by atoms with van der Waals surface area (Å²) < 4.78 is 2.13. The Bertz CT molecular complexity index is 235. The summed E-state index contributed by atoms with van der Waals surface area (Å²) in [4.78, 5) is 9.14. The van der Waals surface area contributed by atoms with Crippen LogP contribution in [0.15, 0.2) is 12.5 Å². The lowest BCUT2D eigenvalue weighted by Crippen LogP contribution is -2.16. The summed E-state index contributed by atoms with van der Waals surface area (Å²) in [6.07, 6.45) is 4.84. The van der Waals surface area contributed by atoms with Crippen LogP contribution in [0.1, 0.15) is 26.0 Å². The summed E-state index contributed by atoms with van der Waals surface area (Å²) in [5.74, 6) is 0. The van der Waals surface area contributed by atoms with Crippen molar-refractivity contribution in [1.82, 2.24) is 15.0 Å². The monoisotopic (exact) mass is 183 g/mol. The predicted molar refractivity (Wildman–Crippen MR) is 51.0 cm³/mol. The molecule has 0 saturated carbocycles. The van der Waals surface area contributed by atoms with Crippen LogP contribution in [-0.4, -0.2) is 16.2 Å². The normalized spacial score (nSPS) is 10.6. The van der Waals surface area contributed by atoms with E-state index in [-0.39, 0.29) is 0 Å². The third kappa shape index (κ3) is 3.16. The average molecular weight is 183 g/mol. The van der Waals surface area contributed by atoms with Crippen LogP contribution < -0.4 is 5.48 Å². The van der Waals surface area contributed by atoms with Crippen LogP contribution in [0.3, 0.4) is 0 Å². The van der Waals surface area contributed by atoms with Gasteiger partial charge >= 0.3 is 0 Å². The molecule has 4 heteroatoms. The standard InChI is InChI=1S/C9H17N3O/c1-3-5-12-8-10-6-9(12)7-11-13-4-2/h6,8,11H,3-5,7H2,1-2H3. The molecular formula is C9H17N3O. The number of nitrogens with one attached hydrogen (secondary N) is 1. The van der Waals surface area contributed by atoms with E-state index >= 15 is 0 Å². The van der Waals surface area contributed by atoms with Gasteiger partial charge in [0.15, 0.2) is 0 Å². The van der Waals surface area contributed by atoms with Gasteiger partial charge in [-0.3, -0.25) is 0 Å². The fourth-order valence-electron chi connectivity index (χ4n) is 1.16. The largest absolute Gasteiger partial charge is 0.333 e. The molecule has 0 unspecified atom stereocenters. The Balaban J connectivity index is 2.40. The SMILES string of the molecule is CCCn1cncc1CNOCC. The van der Waals surface area contributed by atoms with E-state index in [1.165, 1.54) is 0 Å². The lowest BCUT2D eigenvalue weighted by Gasteiger charge is -2.06. The highest BCUT2D eigenvalue weighted by Gasteiger charge is 1.99. The molecule has 1 N–H and O–H groups in total. The Labute approximate surface area is 78.9 Å². The van der Waals surface area contributed by atoms with Crippen molar-refractivity contribution < 1.29 is 4.84 Å². The Morgan fingerprint density at radius 1 is 1.54 bits per heavy atom. The smallest absolute Gasteiger partial charge is 0.0948 e. The van der Waals surface area contributed by atoms with E-state index < -0.39 is 0 Å². The molecule has 74 valence electrons. The van der Waals surface area contributed by atoms with Gasteiger partial charge in [0.2, 0.25) is 0 Å². The molecule has 0 fully saturated rings.